The molecule has 1 aromatic rings. The molecule has 0 saturated carbocycles. The zero-order valence-corrected chi connectivity index (χ0v) is 16.1. The number of nitrogens with one attached hydrogen (secondary N) is 1. The summed E-state index contributed by atoms with van der Waals surface area (Å²) in [5.74, 6) is 1.25. The largest absolute Gasteiger partial charge is 0.370 e. The van der Waals surface area contributed by atoms with Crippen molar-refractivity contribution in [1.29, 1.82) is 0 Å². The Bertz CT molecular complexity index is 630. The molecule has 1 fully saturated rings. The summed E-state index contributed by atoms with van der Waals surface area (Å²) in [6, 6.07) is 6.04. The first-order chi connectivity index (χ1) is 9.85. The highest BCUT2D eigenvalue weighted by atomic mass is 127. The van der Waals surface area contributed by atoms with Gasteiger partial charge in [-0.25, -0.2) is 8.42 Å². The van der Waals surface area contributed by atoms with E-state index in [-0.39, 0.29) is 35.5 Å². The number of nitrogens with two attached hydrogens (primary N) is 1. The van der Waals surface area contributed by atoms with Crippen molar-refractivity contribution in [3.05, 3.63) is 29.3 Å². The second-order valence-electron chi connectivity index (χ2n) is 5.75. The minimum absolute atomic E-state index is 0. The van der Waals surface area contributed by atoms with Gasteiger partial charge in [0.25, 0.3) is 0 Å². The molecular weight excluding hydrogens is 413 g/mol. The molecule has 0 atom stereocenters. The monoisotopic (exact) mass is 437 g/mol. The number of benzene rings is 1. The van der Waals surface area contributed by atoms with Crippen molar-refractivity contribution in [1.82, 2.24) is 0 Å². The molecule has 0 aliphatic carbocycles. The zero-order chi connectivity index (χ0) is 15.5. The normalized spacial score (nSPS) is 18.5. The minimum atomic E-state index is -2.81. The number of nitrogens with zero attached hydrogens (tertiary/aromatic N) is 1. The average molecular weight is 437 g/mol. The SMILES string of the molecule is Cc1ccc(NC(N)=NCC2CCS(=O)(=O)CC2)cc1C.I. The fourth-order valence-electron chi connectivity index (χ4n) is 2.36. The van der Waals surface area contributed by atoms with Crippen LogP contribution in [-0.4, -0.2) is 32.4 Å². The molecule has 7 heteroatoms. The number of hydrogen-bond donors (Lipinski definition) is 2. The van der Waals surface area contributed by atoms with Crippen LogP contribution in [0.3, 0.4) is 0 Å². The van der Waals surface area contributed by atoms with Crippen LogP contribution in [0.4, 0.5) is 5.69 Å². The summed E-state index contributed by atoms with van der Waals surface area (Å²) >= 11 is 0. The molecule has 0 amide bonds. The van der Waals surface area contributed by atoms with E-state index >= 15 is 0 Å². The number of rotatable bonds is 3. The third kappa shape index (κ3) is 5.75. The molecule has 1 aromatic carbocycles. The summed E-state index contributed by atoms with van der Waals surface area (Å²) in [6.45, 7) is 4.70. The van der Waals surface area contributed by atoms with Crippen LogP contribution in [0.1, 0.15) is 24.0 Å². The maximum atomic E-state index is 11.4. The van der Waals surface area contributed by atoms with Crippen molar-refractivity contribution in [3.8, 4) is 0 Å². The number of hydrogen-bond acceptors (Lipinski definition) is 3. The Labute approximate surface area is 149 Å². The Morgan fingerprint density at radius 2 is 1.91 bits per heavy atom. The fourth-order valence-corrected chi connectivity index (χ4v) is 3.94. The molecule has 1 aliphatic heterocycles. The van der Waals surface area contributed by atoms with Crippen LogP contribution >= 0.6 is 24.0 Å². The van der Waals surface area contributed by atoms with Gasteiger partial charge in [-0.3, -0.25) is 4.99 Å². The van der Waals surface area contributed by atoms with E-state index in [1.165, 1.54) is 11.1 Å². The van der Waals surface area contributed by atoms with E-state index in [0.29, 0.717) is 31.3 Å². The van der Waals surface area contributed by atoms with Gasteiger partial charge in [0.1, 0.15) is 9.84 Å². The Hall–Kier alpha value is -0.830. The van der Waals surface area contributed by atoms with Crippen LogP contribution in [-0.2, 0) is 9.84 Å². The van der Waals surface area contributed by atoms with Crippen molar-refractivity contribution in [2.24, 2.45) is 16.6 Å². The Balaban J connectivity index is 0.00000242. The molecule has 0 aromatic heterocycles. The fraction of sp³-hybridized carbons (Fsp3) is 0.533. The predicted molar refractivity (Wildman–Crippen MR) is 103 cm³/mol. The number of guanidine groups is 1. The lowest BCUT2D eigenvalue weighted by Crippen LogP contribution is -2.27. The van der Waals surface area contributed by atoms with Gasteiger partial charge < -0.3 is 11.1 Å². The van der Waals surface area contributed by atoms with E-state index in [2.05, 4.69) is 24.2 Å². The average Bonchev–Trinajstić information content (AvgIpc) is 2.42. The van der Waals surface area contributed by atoms with Crippen LogP contribution in [0, 0.1) is 19.8 Å². The standard InChI is InChI=1S/C15H23N3O2S.HI/c1-11-3-4-14(9-12(11)2)18-15(16)17-10-13-5-7-21(19,20)8-6-13;/h3-4,9,13H,5-8,10H2,1-2H3,(H3,16,17,18);1H. The van der Waals surface area contributed by atoms with Crippen molar-refractivity contribution in [2.75, 3.05) is 23.4 Å². The Morgan fingerprint density at radius 1 is 1.27 bits per heavy atom. The lowest BCUT2D eigenvalue weighted by Gasteiger charge is -2.20. The molecule has 0 unspecified atom stereocenters. The maximum absolute atomic E-state index is 11.4. The molecule has 2 rings (SSSR count). The number of halogens is 1. The molecule has 0 bridgehead atoms. The molecule has 0 spiro atoms. The van der Waals surface area contributed by atoms with E-state index in [4.69, 9.17) is 5.73 Å². The van der Waals surface area contributed by atoms with E-state index in [0.717, 1.165) is 5.69 Å². The third-order valence-corrected chi connectivity index (χ3v) is 5.69. The van der Waals surface area contributed by atoms with Gasteiger partial charge in [0, 0.05) is 12.2 Å². The molecule has 3 N–H and O–H groups in total. The quantitative estimate of drug-likeness (QED) is 0.432. The van der Waals surface area contributed by atoms with E-state index in [1.807, 2.05) is 18.2 Å². The molecule has 1 saturated heterocycles. The van der Waals surface area contributed by atoms with Crippen molar-refractivity contribution in [2.45, 2.75) is 26.7 Å². The number of sulfone groups is 1. The molecule has 1 heterocycles. The first-order valence-corrected chi connectivity index (χ1v) is 9.02. The summed E-state index contributed by atoms with van der Waals surface area (Å²) in [5, 5.41) is 3.08. The van der Waals surface area contributed by atoms with Gasteiger partial charge >= 0.3 is 0 Å². The van der Waals surface area contributed by atoms with E-state index in [9.17, 15) is 8.42 Å². The summed E-state index contributed by atoms with van der Waals surface area (Å²) < 4.78 is 22.7. The topological polar surface area (TPSA) is 84.5 Å². The van der Waals surface area contributed by atoms with Gasteiger partial charge in [-0.2, -0.15) is 0 Å². The zero-order valence-electron chi connectivity index (χ0n) is 13.0. The van der Waals surface area contributed by atoms with Gasteiger partial charge in [-0.05, 0) is 55.9 Å². The van der Waals surface area contributed by atoms with Crippen LogP contribution in [0.2, 0.25) is 0 Å². The first-order valence-electron chi connectivity index (χ1n) is 7.20. The maximum Gasteiger partial charge on any atom is 0.193 e. The summed E-state index contributed by atoms with van der Waals surface area (Å²) in [4.78, 5) is 4.33. The van der Waals surface area contributed by atoms with Gasteiger partial charge in [0.2, 0.25) is 0 Å². The third-order valence-electron chi connectivity index (χ3n) is 3.97. The van der Waals surface area contributed by atoms with Gasteiger partial charge in [0.05, 0.1) is 11.5 Å². The molecule has 124 valence electrons. The van der Waals surface area contributed by atoms with Gasteiger partial charge in [-0.15, -0.1) is 24.0 Å². The molecule has 5 nitrogen and oxygen atoms in total. The summed E-state index contributed by atoms with van der Waals surface area (Å²) in [5.41, 5.74) is 9.24. The predicted octanol–water partition coefficient (Wildman–Crippen LogP) is 2.47. The lowest BCUT2D eigenvalue weighted by atomic mass is 10.0. The Kier molecular flexibility index (Phi) is 7.11. The molecule has 22 heavy (non-hydrogen) atoms. The minimum Gasteiger partial charge on any atom is -0.370 e. The van der Waals surface area contributed by atoms with Crippen LogP contribution in [0.15, 0.2) is 23.2 Å². The highest BCUT2D eigenvalue weighted by Gasteiger charge is 2.23. The van der Waals surface area contributed by atoms with Crippen molar-refractivity contribution >= 4 is 45.5 Å². The highest BCUT2D eigenvalue weighted by molar-refractivity contribution is 14.0. The van der Waals surface area contributed by atoms with Gasteiger partial charge in [0.15, 0.2) is 5.96 Å². The van der Waals surface area contributed by atoms with E-state index < -0.39 is 9.84 Å². The van der Waals surface area contributed by atoms with Crippen molar-refractivity contribution < 1.29 is 8.42 Å². The number of aliphatic imine (C=N–C) groups is 1. The van der Waals surface area contributed by atoms with E-state index in [1.54, 1.807) is 0 Å². The highest BCUT2D eigenvalue weighted by Crippen LogP contribution is 2.19. The molecule has 1 aliphatic rings. The van der Waals surface area contributed by atoms with Crippen LogP contribution in [0.5, 0.6) is 0 Å². The van der Waals surface area contributed by atoms with Crippen LogP contribution < -0.4 is 11.1 Å². The smallest absolute Gasteiger partial charge is 0.193 e. The molecular formula is C15H24IN3O2S. The number of aryl methyl sites for hydroxylation is 2. The summed E-state index contributed by atoms with van der Waals surface area (Å²) in [7, 11) is -2.81. The molecule has 0 radical (unpaired) electrons. The van der Waals surface area contributed by atoms with Gasteiger partial charge in [-0.1, -0.05) is 6.07 Å². The summed E-state index contributed by atoms with van der Waals surface area (Å²) in [6.07, 6.45) is 1.37. The Morgan fingerprint density at radius 3 is 2.50 bits per heavy atom. The van der Waals surface area contributed by atoms with Crippen LogP contribution in [0.25, 0.3) is 0 Å². The van der Waals surface area contributed by atoms with Crippen molar-refractivity contribution in [3.63, 3.8) is 0 Å². The number of anilines is 1. The second kappa shape index (κ2) is 8.14. The lowest BCUT2D eigenvalue weighted by molar-refractivity contribution is 0.475. The first kappa shape index (κ1) is 19.2. The second-order valence-corrected chi connectivity index (χ2v) is 8.05.